The van der Waals surface area contributed by atoms with Crippen LogP contribution in [0.25, 0.3) is 0 Å². The summed E-state index contributed by atoms with van der Waals surface area (Å²) in [6.07, 6.45) is 12.3. The minimum absolute atomic E-state index is 0.0411. The topological polar surface area (TPSA) is 80.4 Å². The average Bonchev–Trinajstić information content (AvgIpc) is 2.64. The number of carboxylic acid groups (broad SMARTS) is 1. The molecule has 0 aliphatic heterocycles. The van der Waals surface area contributed by atoms with Crippen LogP contribution in [0.15, 0.2) is 0 Å². The van der Waals surface area contributed by atoms with Crippen molar-refractivity contribution in [2.24, 2.45) is 34.3 Å². The van der Waals surface area contributed by atoms with Gasteiger partial charge in [-0.3, -0.25) is 9.59 Å². The first-order valence-electron chi connectivity index (χ1n) is 12.4. The Hall–Kier alpha value is -0.900. The Labute approximate surface area is 184 Å². The quantitative estimate of drug-likeness (QED) is 0.407. The van der Waals surface area contributed by atoms with E-state index in [1.165, 1.54) is 12.8 Å². The van der Waals surface area contributed by atoms with Crippen LogP contribution in [0, 0.1) is 28.6 Å². The molecule has 2 aliphatic rings. The second-order valence-electron chi connectivity index (χ2n) is 11.7. The molecule has 2 aliphatic carbocycles. The van der Waals surface area contributed by atoms with Gasteiger partial charge in [0, 0.05) is 24.8 Å². The minimum atomic E-state index is -0.686. The number of rotatable bonds is 11. The van der Waals surface area contributed by atoms with Crippen LogP contribution in [-0.4, -0.2) is 22.4 Å². The highest BCUT2D eigenvalue weighted by Gasteiger charge is 2.53. The van der Waals surface area contributed by atoms with Gasteiger partial charge in [0.25, 0.3) is 0 Å². The van der Waals surface area contributed by atoms with Crippen LogP contribution in [0.3, 0.4) is 0 Å². The molecule has 4 nitrogen and oxygen atoms in total. The van der Waals surface area contributed by atoms with Crippen molar-refractivity contribution in [3.05, 3.63) is 0 Å². The maximum Gasteiger partial charge on any atom is 0.303 e. The van der Waals surface area contributed by atoms with Gasteiger partial charge in [0.05, 0.1) is 0 Å². The third-order valence-electron chi connectivity index (χ3n) is 9.10. The molecule has 2 rings (SSSR count). The summed E-state index contributed by atoms with van der Waals surface area (Å²) in [5.41, 5.74) is 7.22. The summed E-state index contributed by atoms with van der Waals surface area (Å²) in [5, 5.41) is 9.03. The molecule has 4 heteroatoms. The fourth-order valence-electron chi connectivity index (χ4n) is 6.47. The van der Waals surface area contributed by atoms with Crippen molar-refractivity contribution >= 4 is 11.8 Å². The standard InChI is InChI=1S/C26H47NO3/c1-6-8-19(2)20(9-7-10-23(29)30)11-14-24(3,4)26(27)16-12-21-17-22(28)13-15-25(21,5)18-26/h19-21H,6-18,27H2,1-5H3,(H,29,30). The maximum absolute atomic E-state index is 12.0. The first-order valence-corrected chi connectivity index (χ1v) is 12.4. The number of aliphatic carboxylic acids is 1. The minimum Gasteiger partial charge on any atom is -0.481 e. The van der Waals surface area contributed by atoms with E-state index in [4.69, 9.17) is 10.8 Å². The van der Waals surface area contributed by atoms with Gasteiger partial charge in [-0.05, 0) is 80.0 Å². The van der Waals surface area contributed by atoms with E-state index in [2.05, 4.69) is 34.6 Å². The van der Waals surface area contributed by atoms with Crippen molar-refractivity contribution in [2.45, 2.75) is 124 Å². The normalized spacial score (nSPS) is 31.8. The fourth-order valence-corrected chi connectivity index (χ4v) is 6.47. The van der Waals surface area contributed by atoms with Crippen molar-refractivity contribution in [2.75, 3.05) is 0 Å². The van der Waals surface area contributed by atoms with Gasteiger partial charge >= 0.3 is 5.97 Å². The van der Waals surface area contributed by atoms with Crippen LogP contribution in [-0.2, 0) is 9.59 Å². The van der Waals surface area contributed by atoms with E-state index in [9.17, 15) is 9.59 Å². The van der Waals surface area contributed by atoms with Crippen LogP contribution < -0.4 is 5.73 Å². The Bertz CT molecular complexity index is 601. The lowest BCUT2D eigenvalue weighted by molar-refractivity contribution is -0.137. The van der Waals surface area contributed by atoms with Crippen molar-refractivity contribution in [1.29, 1.82) is 0 Å². The maximum atomic E-state index is 12.0. The fraction of sp³-hybridized carbons (Fsp3) is 0.923. The van der Waals surface area contributed by atoms with Crippen molar-refractivity contribution < 1.29 is 14.7 Å². The highest BCUT2D eigenvalue weighted by molar-refractivity contribution is 5.79. The van der Waals surface area contributed by atoms with Crippen molar-refractivity contribution in [3.8, 4) is 0 Å². The Balaban J connectivity index is 2.03. The summed E-state index contributed by atoms with van der Waals surface area (Å²) in [5.74, 6) is 1.47. The van der Waals surface area contributed by atoms with Crippen LogP contribution in [0.1, 0.15) is 118 Å². The molecular weight excluding hydrogens is 374 g/mol. The Morgan fingerprint density at radius 3 is 2.60 bits per heavy atom. The van der Waals surface area contributed by atoms with Crippen molar-refractivity contribution in [3.63, 3.8) is 0 Å². The summed E-state index contributed by atoms with van der Waals surface area (Å²) in [6, 6.07) is 0. The molecule has 0 amide bonds. The number of carbonyl (C=O) groups excluding carboxylic acids is 1. The van der Waals surface area contributed by atoms with Gasteiger partial charge in [-0.25, -0.2) is 0 Å². The molecule has 0 bridgehead atoms. The molecule has 0 saturated heterocycles. The molecule has 0 aromatic heterocycles. The number of nitrogens with two attached hydrogens (primary N) is 1. The second-order valence-corrected chi connectivity index (χ2v) is 11.7. The lowest BCUT2D eigenvalue weighted by Gasteiger charge is -2.57. The molecule has 5 unspecified atom stereocenters. The number of Topliss-reactive ketones (excluding diaryl/α,β-unsaturated/α-hetero) is 1. The lowest BCUT2D eigenvalue weighted by atomic mass is 9.50. The zero-order valence-corrected chi connectivity index (χ0v) is 20.3. The number of carboxylic acids is 1. The SMILES string of the molecule is CCCC(C)C(CCCC(=O)O)CCC(C)(C)C1(N)CCC2CC(=O)CCC2(C)C1. The summed E-state index contributed by atoms with van der Waals surface area (Å²) in [4.78, 5) is 22.9. The summed E-state index contributed by atoms with van der Waals surface area (Å²) in [6.45, 7) is 11.6. The van der Waals surface area contributed by atoms with Gasteiger partial charge in [-0.2, -0.15) is 0 Å². The van der Waals surface area contributed by atoms with E-state index in [0.717, 1.165) is 64.2 Å². The predicted octanol–water partition coefficient (Wildman–Crippen LogP) is 6.36. The summed E-state index contributed by atoms with van der Waals surface area (Å²) >= 11 is 0. The Morgan fingerprint density at radius 2 is 1.97 bits per heavy atom. The molecule has 5 atom stereocenters. The van der Waals surface area contributed by atoms with Crippen molar-refractivity contribution in [1.82, 2.24) is 0 Å². The highest BCUT2D eigenvalue weighted by Crippen LogP contribution is 2.56. The van der Waals surface area contributed by atoms with Crippen LogP contribution in [0.2, 0.25) is 0 Å². The van der Waals surface area contributed by atoms with Crippen LogP contribution >= 0.6 is 0 Å². The summed E-state index contributed by atoms with van der Waals surface area (Å²) < 4.78 is 0. The molecule has 3 N–H and O–H groups in total. The molecule has 0 aromatic carbocycles. The first kappa shape index (κ1) is 25.4. The average molecular weight is 422 g/mol. The van der Waals surface area contributed by atoms with E-state index >= 15 is 0 Å². The van der Waals surface area contributed by atoms with Gasteiger partial charge in [0.1, 0.15) is 5.78 Å². The van der Waals surface area contributed by atoms with Gasteiger partial charge in [0.2, 0.25) is 0 Å². The number of fused-ring (bicyclic) bond motifs is 1. The number of carbonyl (C=O) groups is 2. The zero-order chi connectivity index (χ0) is 22.6. The molecule has 0 radical (unpaired) electrons. The Kier molecular flexibility index (Phi) is 8.58. The third-order valence-corrected chi connectivity index (χ3v) is 9.10. The van der Waals surface area contributed by atoms with E-state index in [1.807, 2.05) is 0 Å². The number of hydrogen-bond donors (Lipinski definition) is 2. The largest absolute Gasteiger partial charge is 0.481 e. The number of ketones is 1. The zero-order valence-electron chi connectivity index (χ0n) is 20.3. The first-order chi connectivity index (χ1) is 13.9. The molecule has 30 heavy (non-hydrogen) atoms. The van der Waals surface area contributed by atoms with Gasteiger partial charge in [0.15, 0.2) is 0 Å². The molecule has 0 aromatic rings. The van der Waals surface area contributed by atoms with Crippen LogP contribution in [0.4, 0.5) is 0 Å². The lowest BCUT2D eigenvalue weighted by Crippen LogP contribution is -2.60. The monoisotopic (exact) mass is 421 g/mol. The molecule has 0 spiro atoms. The predicted molar refractivity (Wildman–Crippen MR) is 123 cm³/mol. The highest BCUT2D eigenvalue weighted by atomic mass is 16.4. The van der Waals surface area contributed by atoms with Gasteiger partial charge in [-0.1, -0.05) is 47.5 Å². The molecule has 2 fully saturated rings. The molecular formula is C26H47NO3. The number of hydrogen-bond acceptors (Lipinski definition) is 3. The van der Waals surface area contributed by atoms with E-state index in [-0.39, 0.29) is 22.8 Å². The van der Waals surface area contributed by atoms with Gasteiger partial charge < -0.3 is 10.8 Å². The molecule has 2 saturated carbocycles. The Morgan fingerprint density at radius 1 is 1.27 bits per heavy atom. The summed E-state index contributed by atoms with van der Waals surface area (Å²) in [7, 11) is 0. The second kappa shape index (κ2) is 10.1. The van der Waals surface area contributed by atoms with Gasteiger partial charge in [-0.15, -0.1) is 0 Å². The van der Waals surface area contributed by atoms with E-state index in [0.29, 0.717) is 23.5 Å². The molecule has 0 heterocycles. The smallest absolute Gasteiger partial charge is 0.303 e. The third kappa shape index (κ3) is 6.08. The van der Waals surface area contributed by atoms with E-state index < -0.39 is 5.97 Å². The van der Waals surface area contributed by atoms with E-state index in [1.54, 1.807) is 0 Å². The van der Waals surface area contributed by atoms with Crippen LogP contribution in [0.5, 0.6) is 0 Å². The molecule has 174 valence electrons.